The molecular formula is C17H27N3O. The molecule has 0 saturated carbocycles. The molecule has 1 fully saturated rings. The molecule has 4 heteroatoms. The van der Waals surface area contributed by atoms with Crippen LogP contribution >= 0.6 is 0 Å². The van der Waals surface area contributed by atoms with Crippen molar-refractivity contribution in [3.05, 3.63) is 30.1 Å². The lowest BCUT2D eigenvalue weighted by molar-refractivity contribution is -0.134. The van der Waals surface area contributed by atoms with Crippen LogP contribution in [0.5, 0.6) is 0 Å². The second-order valence-electron chi connectivity index (χ2n) is 5.78. The van der Waals surface area contributed by atoms with Crippen LogP contribution in [-0.2, 0) is 11.3 Å². The molecule has 116 valence electrons. The molecule has 2 rings (SSSR count). The van der Waals surface area contributed by atoms with Gasteiger partial charge in [-0.25, -0.2) is 0 Å². The normalized spacial score (nSPS) is 19.0. The SMILES string of the molecule is CCCCC(=O)N(Cc1ccccn1)C1CCCNCC1. The fourth-order valence-corrected chi connectivity index (χ4v) is 2.87. The zero-order chi connectivity index (χ0) is 14.9. The number of pyridine rings is 1. The lowest BCUT2D eigenvalue weighted by Gasteiger charge is -2.31. The van der Waals surface area contributed by atoms with E-state index in [1.54, 1.807) is 6.20 Å². The Morgan fingerprint density at radius 3 is 3.05 bits per heavy atom. The minimum atomic E-state index is 0.286. The number of nitrogens with zero attached hydrogens (tertiary/aromatic N) is 2. The van der Waals surface area contributed by atoms with Crippen molar-refractivity contribution in [3.8, 4) is 0 Å². The summed E-state index contributed by atoms with van der Waals surface area (Å²) in [5.41, 5.74) is 0.986. The van der Waals surface area contributed by atoms with Crippen LogP contribution in [-0.4, -0.2) is 34.9 Å². The molecule has 0 aliphatic carbocycles. The van der Waals surface area contributed by atoms with Crippen LogP contribution < -0.4 is 5.32 Å². The Hall–Kier alpha value is -1.42. The summed E-state index contributed by atoms with van der Waals surface area (Å²) in [4.78, 5) is 19.1. The minimum absolute atomic E-state index is 0.286. The van der Waals surface area contributed by atoms with Gasteiger partial charge in [-0.1, -0.05) is 19.4 Å². The molecular weight excluding hydrogens is 262 g/mol. The number of carbonyl (C=O) groups excluding carboxylic acids is 1. The highest BCUT2D eigenvalue weighted by Crippen LogP contribution is 2.18. The topological polar surface area (TPSA) is 45.2 Å². The summed E-state index contributed by atoms with van der Waals surface area (Å²) in [6, 6.07) is 6.27. The Morgan fingerprint density at radius 1 is 1.38 bits per heavy atom. The zero-order valence-corrected chi connectivity index (χ0v) is 13.1. The number of amides is 1. The van der Waals surface area contributed by atoms with Gasteiger partial charge < -0.3 is 10.2 Å². The first kappa shape index (κ1) is 16.0. The summed E-state index contributed by atoms with van der Waals surface area (Å²) in [5.74, 6) is 0.286. The van der Waals surface area contributed by atoms with Crippen molar-refractivity contribution in [1.29, 1.82) is 0 Å². The van der Waals surface area contributed by atoms with Crippen molar-refractivity contribution in [2.45, 2.75) is 58.0 Å². The zero-order valence-electron chi connectivity index (χ0n) is 13.1. The van der Waals surface area contributed by atoms with Crippen molar-refractivity contribution in [3.63, 3.8) is 0 Å². The van der Waals surface area contributed by atoms with Crippen LogP contribution in [0, 0.1) is 0 Å². The van der Waals surface area contributed by atoms with Gasteiger partial charge in [-0.3, -0.25) is 9.78 Å². The van der Waals surface area contributed by atoms with Crippen molar-refractivity contribution in [1.82, 2.24) is 15.2 Å². The highest BCUT2D eigenvalue weighted by molar-refractivity contribution is 5.76. The van der Waals surface area contributed by atoms with E-state index in [1.807, 2.05) is 18.2 Å². The van der Waals surface area contributed by atoms with E-state index < -0.39 is 0 Å². The van der Waals surface area contributed by atoms with E-state index >= 15 is 0 Å². The van der Waals surface area contributed by atoms with E-state index in [-0.39, 0.29) is 5.91 Å². The number of unbranched alkanes of at least 4 members (excludes halogenated alkanes) is 1. The number of carbonyl (C=O) groups is 1. The third kappa shape index (κ3) is 5.12. The monoisotopic (exact) mass is 289 g/mol. The van der Waals surface area contributed by atoms with E-state index in [9.17, 15) is 4.79 Å². The molecule has 4 nitrogen and oxygen atoms in total. The lowest BCUT2D eigenvalue weighted by Crippen LogP contribution is -2.40. The molecule has 1 aliphatic rings. The van der Waals surface area contributed by atoms with Gasteiger partial charge >= 0.3 is 0 Å². The van der Waals surface area contributed by atoms with E-state index in [0.717, 1.165) is 50.9 Å². The fraction of sp³-hybridized carbons (Fsp3) is 0.647. The van der Waals surface area contributed by atoms with Crippen LogP contribution in [0.25, 0.3) is 0 Å². The Kier molecular flexibility index (Phi) is 6.67. The number of hydrogen-bond acceptors (Lipinski definition) is 3. The largest absolute Gasteiger partial charge is 0.334 e. The molecule has 0 aromatic carbocycles. The van der Waals surface area contributed by atoms with Crippen LogP contribution in [0.15, 0.2) is 24.4 Å². The Morgan fingerprint density at radius 2 is 2.29 bits per heavy atom. The average molecular weight is 289 g/mol. The third-order valence-corrected chi connectivity index (χ3v) is 4.11. The Bertz CT molecular complexity index is 413. The molecule has 0 bridgehead atoms. The highest BCUT2D eigenvalue weighted by atomic mass is 16.2. The Balaban J connectivity index is 2.06. The quantitative estimate of drug-likeness (QED) is 0.876. The molecule has 2 heterocycles. The summed E-state index contributed by atoms with van der Waals surface area (Å²) in [6.07, 6.45) is 7.79. The van der Waals surface area contributed by atoms with E-state index in [4.69, 9.17) is 0 Å². The van der Waals surface area contributed by atoms with Crippen LogP contribution in [0.4, 0.5) is 0 Å². The average Bonchev–Trinajstić information content (AvgIpc) is 2.80. The van der Waals surface area contributed by atoms with Crippen molar-refractivity contribution >= 4 is 5.91 Å². The molecule has 1 amide bonds. The summed E-state index contributed by atoms with van der Waals surface area (Å²) in [6.45, 7) is 4.85. The Labute approximate surface area is 127 Å². The van der Waals surface area contributed by atoms with Gasteiger partial charge in [-0.05, 0) is 50.9 Å². The van der Waals surface area contributed by atoms with Gasteiger partial charge in [-0.15, -0.1) is 0 Å². The van der Waals surface area contributed by atoms with E-state index in [2.05, 4.69) is 22.1 Å². The van der Waals surface area contributed by atoms with Crippen molar-refractivity contribution in [2.24, 2.45) is 0 Å². The minimum Gasteiger partial charge on any atom is -0.334 e. The van der Waals surface area contributed by atoms with Gasteiger partial charge in [0, 0.05) is 18.7 Å². The van der Waals surface area contributed by atoms with Gasteiger partial charge in [0.2, 0.25) is 5.91 Å². The number of aromatic nitrogens is 1. The summed E-state index contributed by atoms with van der Waals surface area (Å²) in [5, 5.41) is 3.42. The van der Waals surface area contributed by atoms with Gasteiger partial charge in [0.15, 0.2) is 0 Å². The lowest BCUT2D eigenvalue weighted by atomic mass is 10.1. The van der Waals surface area contributed by atoms with Crippen molar-refractivity contribution in [2.75, 3.05) is 13.1 Å². The summed E-state index contributed by atoms with van der Waals surface area (Å²) >= 11 is 0. The van der Waals surface area contributed by atoms with Gasteiger partial charge in [0.05, 0.1) is 12.2 Å². The van der Waals surface area contributed by atoms with Crippen LogP contribution in [0.1, 0.15) is 51.1 Å². The number of rotatable bonds is 6. The standard InChI is InChI=1S/C17H27N3O/c1-2-3-9-17(21)20(14-15-7-4-5-12-19-15)16-8-6-11-18-13-10-16/h4-5,7,12,16,18H,2-3,6,8-11,13-14H2,1H3. The van der Waals surface area contributed by atoms with Gasteiger partial charge in [0.1, 0.15) is 0 Å². The maximum Gasteiger partial charge on any atom is 0.223 e. The maximum atomic E-state index is 12.6. The second-order valence-corrected chi connectivity index (χ2v) is 5.78. The third-order valence-electron chi connectivity index (χ3n) is 4.11. The smallest absolute Gasteiger partial charge is 0.223 e. The first-order valence-corrected chi connectivity index (χ1v) is 8.21. The molecule has 1 aliphatic heterocycles. The highest BCUT2D eigenvalue weighted by Gasteiger charge is 2.24. The predicted molar refractivity (Wildman–Crippen MR) is 84.8 cm³/mol. The van der Waals surface area contributed by atoms with Gasteiger partial charge in [-0.2, -0.15) is 0 Å². The number of hydrogen-bond donors (Lipinski definition) is 1. The van der Waals surface area contributed by atoms with E-state index in [0.29, 0.717) is 19.0 Å². The summed E-state index contributed by atoms with van der Waals surface area (Å²) in [7, 11) is 0. The van der Waals surface area contributed by atoms with Crippen LogP contribution in [0.3, 0.4) is 0 Å². The van der Waals surface area contributed by atoms with Gasteiger partial charge in [0.25, 0.3) is 0 Å². The summed E-state index contributed by atoms with van der Waals surface area (Å²) < 4.78 is 0. The maximum absolute atomic E-state index is 12.6. The molecule has 1 aromatic heterocycles. The van der Waals surface area contributed by atoms with E-state index in [1.165, 1.54) is 0 Å². The van der Waals surface area contributed by atoms with Crippen LogP contribution in [0.2, 0.25) is 0 Å². The van der Waals surface area contributed by atoms with Crippen molar-refractivity contribution < 1.29 is 4.79 Å². The first-order valence-electron chi connectivity index (χ1n) is 8.21. The molecule has 21 heavy (non-hydrogen) atoms. The molecule has 1 atom stereocenters. The molecule has 0 spiro atoms. The molecule has 1 N–H and O–H groups in total. The predicted octanol–water partition coefficient (Wildman–Crippen LogP) is 2.74. The molecule has 0 radical (unpaired) electrons. The number of nitrogens with one attached hydrogen (secondary N) is 1. The molecule has 1 aromatic rings. The first-order chi connectivity index (χ1) is 10.3. The molecule has 1 saturated heterocycles. The second kappa shape index (κ2) is 8.78. The molecule has 1 unspecified atom stereocenters. The fourth-order valence-electron chi connectivity index (χ4n) is 2.87.